The van der Waals surface area contributed by atoms with Gasteiger partial charge in [0.25, 0.3) is 0 Å². The maximum atomic E-state index is 11.2. The van der Waals surface area contributed by atoms with Crippen molar-refractivity contribution in [2.24, 2.45) is 0 Å². The van der Waals surface area contributed by atoms with Gasteiger partial charge in [0.05, 0.1) is 11.9 Å². The van der Waals surface area contributed by atoms with Crippen LogP contribution in [0.5, 0.6) is 0 Å². The van der Waals surface area contributed by atoms with Gasteiger partial charge in [-0.1, -0.05) is 181 Å². The number of unbranched alkanes of at least 4 members (excludes halogenated alkanes) is 26. The monoisotopic (exact) mass is 719 g/mol. The first-order valence-corrected chi connectivity index (χ1v) is 19.7. The molecule has 4 N–H and O–H groups in total. The van der Waals surface area contributed by atoms with E-state index in [4.69, 9.17) is 0 Å². The first kappa shape index (κ1) is 54.9. The second kappa shape index (κ2) is 47.1. The van der Waals surface area contributed by atoms with Gasteiger partial charge in [-0.15, -0.1) is 0 Å². The average Bonchev–Trinajstić information content (AvgIpc) is 3.06. The van der Waals surface area contributed by atoms with E-state index in [-0.39, 0.29) is 40.3 Å². The fourth-order valence-electron chi connectivity index (χ4n) is 5.47. The number of rotatable bonds is 34. The van der Waals surface area contributed by atoms with Crippen LogP contribution in [0.15, 0.2) is 24.3 Å². The summed E-state index contributed by atoms with van der Waals surface area (Å²) < 4.78 is 0. The summed E-state index contributed by atoms with van der Waals surface area (Å²) in [6.07, 6.45) is 40.1. The van der Waals surface area contributed by atoms with E-state index in [0.717, 1.165) is 50.0 Å². The SMILES string of the molecule is CCCCCCCCCCCCCCCCNC(=O)/C=C\C(=O)[O-].CCCCCCCCCCCCCCCCNC(=O)/C=C\C(=O)[O-].O.[Mg+2]. The molecule has 0 bridgehead atoms. The fraction of sp³-hybridized carbons (Fsp3) is 0.800. The minimum absolute atomic E-state index is 0. The number of nitrogens with one attached hydrogen (secondary N) is 2. The van der Waals surface area contributed by atoms with E-state index in [9.17, 15) is 29.4 Å². The molecule has 0 aromatic heterocycles. The summed E-state index contributed by atoms with van der Waals surface area (Å²) in [7, 11) is 0. The summed E-state index contributed by atoms with van der Waals surface area (Å²) in [5.41, 5.74) is 0. The summed E-state index contributed by atoms with van der Waals surface area (Å²) in [5.74, 6) is -3.42. The van der Waals surface area contributed by atoms with Crippen molar-refractivity contribution in [1.29, 1.82) is 0 Å². The number of carboxylic acids is 2. The third-order valence-electron chi connectivity index (χ3n) is 8.40. The van der Waals surface area contributed by atoms with Crippen LogP contribution in [0.3, 0.4) is 0 Å². The number of carboxylic acid groups (broad SMARTS) is 2. The van der Waals surface area contributed by atoms with Crippen LogP contribution in [0.1, 0.15) is 194 Å². The Kier molecular flexibility index (Phi) is 51.7. The molecule has 9 nitrogen and oxygen atoms in total. The van der Waals surface area contributed by atoms with Gasteiger partial charge in [0, 0.05) is 25.2 Å². The molecule has 0 saturated heterocycles. The van der Waals surface area contributed by atoms with Crippen LogP contribution in [-0.4, -0.2) is 65.4 Å². The van der Waals surface area contributed by atoms with E-state index >= 15 is 0 Å². The van der Waals surface area contributed by atoms with Crippen LogP contribution in [0, 0.1) is 0 Å². The Bertz CT molecular complexity index is 756. The second-order valence-electron chi connectivity index (χ2n) is 13.1. The number of amides is 2. The van der Waals surface area contributed by atoms with Gasteiger partial charge in [-0.25, -0.2) is 0 Å². The molecular weight excluding hydrogens is 645 g/mol. The van der Waals surface area contributed by atoms with Gasteiger partial charge < -0.3 is 35.9 Å². The third-order valence-corrected chi connectivity index (χ3v) is 8.40. The molecule has 0 rings (SSSR count). The minimum Gasteiger partial charge on any atom is -0.545 e. The third kappa shape index (κ3) is 52.9. The number of hydrogen-bond donors (Lipinski definition) is 2. The van der Waals surface area contributed by atoms with Crippen LogP contribution in [0.2, 0.25) is 0 Å². The molecule has 10 heteroatoms. The molecule has 50 heavy (non-hydrogen) atoms. The number of carbonyl (C=O) groups is 4. The molecule has 0 aromatic carbocycles. The van der Waals surface area contributed by atoms with E-state index in [0.29, 0.717) is 13.1 Å². The largest absolute Gasteiger partial charge is 2.00 e. The predicted octanol–water partition coefficient (Wildman–Crippen LogP) is 6.57. The summed E-state index contributed by atoms with van der Waals surface area (Å²) in [5, 5.41) is 25.6. The Balaban J connectivity index is -0.000000407. The molecule has 0 radical (unpaired) electrons. The normalized spacial score (nSPS) is 10.6. The standard InChI is InChI=1S/2C20H37NO3.Mg.H2O/c2*1-2-3-4-5-6-7-8-9-10-11-12-13-14-15-18-21-19(22)16-17-20(23)24;;/h2*16-17H,2-15,18H2,1H3,(H,21,22)(H,23,24);;1H2/q;;+2;/p-2/b2*17-16-;;. The maximum absolute atomic E-state index is 11.2. The number of aliphatic carboxylic acids is 2. The number of hydrogen-bond acceptors (Lipinski definition) is 6. The minimum atomic E-state index is -1.35. The van der Waals surface area contributed by atoms with Crippen LogP contribution in [-0.2, 0) is 19.2 Å². The fourth-order valence-corrected chi connectivity index (χ4v) is 5.47. The smallest absolute Gasteiger partial charge is 0.545 e. The van der Waals surface area contributed by atoms with E-state index in [1.165, 1.54) is 154 Å². The molecule has 288 valence electrons. The van der Waals surface area contributed by atoms with Crippen molar-refractivity contribution >= 4 is 46.8 Å². The van der Waals surface area contributed by atoms with Gasteiger partial charge in [-0.05, 0) is 25.0 Å². The summed E-state index contributed by atoms with van der Waals surface area (Å²) >= 11 is 0. The molecule has 0 unspecified atom stereocenters. The van der Waals surface area contributed by atoms with Crippen molar-refractivity contribution < 1.29 is 34.9 Å². The van der Waals surface area contributed by atoms with Gasteiger partial charge in [0.2, 0.25) is 11.8 Å². The Morgan fingerprint density at radius 3 is 0.780 bits per heavy atom. The molecule has 0 aliphatic heterocycles. The molecule has 0 aliphatic rings. The van der Waals surface area contributed by atoms with Crippen molar-refractivity contribution in [3.63, 3.8) is 0 Å². The Morgan fingerprint density at radius 2 is 0.580 bits per heavy atom. The molecule has 0 saturated carbocycles. The zero-order valence-corrected chi connectivity index (χ0v) is 33.6. The first-order chi connectivity index (χ1) is 23.3. The van der Waals surface area contributed by atoms with E-state index < -0.39 is 11.9 Å². The van der Waals surface area contributed by atoms with Gasteiger partial charge in [-0.2, -0.15) is 0 Å². The Hall–Kier alpha value is -1.91. The van der Waals surface area contributed by atoms with Gasteiger partial charge in [-0.3, -0.25) is 9.59 Å². The molecule has 0 spiro atoms. The summed E-state index contributed by atoms with van der Waals surface area (Å²) in [6.45, 7) is 5.73. The topological polar surface area (TPSA) is 170 Å². The first-order valence-electron chi connectivity index (χ1n) is 19.7. The van der Waals surface area contributed by atoms with Crippen LogP contribution in [0.4, 0.5) is 0 Å². The van der Waals surface area contributed by atoms with Gasteiger partial charge in [0.1, 0.15) is 0 Å². The molecule has 0 heterocycles. The van der Waals surface area contributed by atoms with Gasteiger partial charge in [0.15, 0.2) is 0 Å². The van der Waals surface area contributed by atoms with Crippen molar-refractivity contribution in [3.8, 4) is 0 Å². The molecular formula is C40H74MgN2O7. The zero-order valence-electron chi connectivity index (χ0n) is 32.2. The van der Waals surface area contributed by atoms with Crippen molar-refractivity contribution in [2.45, 2.75) is 194 Å². The quantitative estimate of drug-likeness (QED) is 0.0433. The Morgan fingerprint density at radius 1 is 0.380 bits per heavy atom. The molecule has 2 amide bonds. The van der Waals surface area contributed by atoms with Gasteiger partial charge >= 0.3 is 23.1 Å². The summed E-state index contributed by atoms with van der Waals surface area (Å²) in [6, 6.07) is 0. The number of carbonyl (C=O) groups excluding carboxylic acids is 4. The van der Waals surface area contributed by atoms with Crippen LogP contribution < -0.4 is 20.8 Å². The van der Waals surface area contributed by atoms with E-state index in [1.807, 2.05) is 0 Å². The Labute approximate surface area is 322 Å². The second-order valence-corrected chi connectivity index (χ2v) is 13.1. The van der Waals surface area contributed by atoms with Crippen LogP contribution in [0.25, 0.3) is 0 Å². The predicted molar refractivity (Wildman–Crippen MR) is 204 cm³/mol. The molecule has 0 aromatic rings. The molecule has 0 atom stereocenters. The summed E-state index contributed by atoms with van der Waals surface area (Å²) in [4.78, 5) is 42.7. The molecule has 0 fully saturated rings. The van der Waals surface area contributed by atoms with E-state index in [1.54, 1.807) is 0 Å². The van der Waals surface area contributed by atoms with Crippen LogP contribution >= 0.6 is 0 Å². The van der Waals surface area contributed by atoms with E-state index in [2.05, 4.69) is 24.5 Å². The maximum Gasteiger partial charge on any atom is 2.00 e. The zero-order chi connectivity index (χ0) is 35.8. The molecule has 0 aliphatic carbocycles. The van der Waals surface area contributed by atoms with Crippen molar-refractivity contribution in [1.82, 2.24) is 10.6 Å². The van der Waals surface area contributed by atoms with Crippen molar-refractivity contribution in [2.75, 3.05) is 13.1 Å². The average molecular weight is 719 g/mol. The van der Waals surface area contributed by atoms with Crippen molar-refractivity contribution in [3.05, 3.63) is 24.3 Å².